The van der Waals surface area contributed by atoms with E-state index < -0.39 is 34.1 Å². The fraction of sp³-hybridized carbons (Fsp3) is 0.375. The Hall–Kier alpha value is -1.52. The molecule has 0 unspecified atom stereocenters. The normalized spacial score (nSPS) is 11.5. The molecule has 0 spiro atoms. The van der Waals surface area contributed by atoms with E-state index >= 15 is 0 Å². The molecule has 0 fully saturated rings. The Balaban J connectivity index is 3.10. The quantitative estimate of drug-likeness (QED) is 0.734. The van der Waals surface area contributed by atoms with E-state index in [9.17, 15) is 18.0 Å². The highest BCUT2D eigenvalue weighted by Crippen LogP contribution is 2.23. The van der Waals surface area contributed by atoms with E-state index in [1.165, 1.54) is 14.1 Å². The zero-order valence-corrected chi connectivity index (χ0v) is 11.2. The number of carboxylic acid groups (broad SMARTS) is 1. The highest BCUT2D eigenvalue weighted by molar-refractivity contribution is 7.91. The fourth-order valence-corrected chi connectivity index (χ4v) is 3.53. The van der Waals surface area contributed by atoms with Gasteiger partial charge in [-0.15, -0.1) is 11.3 Å². The number of rotatable bonds is 5. The number of thiazole rings is 1. The topological polar surface area (TPSA) is 117 Å². The second kappa shape index (κ2) is 5.42. The molecule has 0 aromatic carbocycles. The highest BCUT2D eigenvalue weighted by Gasteiger charge is 2.30. The molecule has 0 saturated heterocycles. The van der Waals surface area contributed by atoms with Crippen LogP contribution in [0.15, 0.2) is 9.72 Å². The van der Waals surface area contributed by atoms with Crippen LogP contribution in [0.1, 0.15) is 10.5 Å². The third-order valence-electron chi connectivity index (χ3n) is 2.03. The van der Waals surface area contributed by atoms with Crippen LogP contribution in [0.4, 0.5) is 0 Å². The monoisotopic (exact) mass is 293 g/mol. The van der Waals surface area contributed by atoms with Crippen LogP contribution in [0, 0.1) is 0 Å². The Bertz CT molecular complexity index is 565. The van der Waals surface area contributed by atoms with E-state index in [0.717, 1.165) is 9.82 Å². The van der Waals surface area contributed by atoms with E-state index in [4.69, 9.17) is 5.11 Å². The number of carboxylic acids is 1. The average molecular weight is 293 g/mol. The van der Waals surface area contributed by atoms with Crippen molar-refractivity contribution in [3.8, 4) is 0 Å². The summed E-state index contributed by atoms with van der Waals surface area (Å²) >= 11 is 0.695. The van der Waals surface area contributed by atoms with Crippen molar-refractivity contribution in [1.82, 2.24) is 14.6 Å². The molecule has 1 amide bonds. The third kappa shape index (κ3) is 2.83. The van der Waals surface area contributed by atoms with Gasteiger partial charge < -0.3 is 10.4 Å². The molecule has 10 heteroatoms. The van der Waals surface area contributed by atoms with E-state index in [1.54, 1.807) is 0 Å². The van der Waals surface area contributed by atoms with E-state index in [-0.39, 0.29) is 4.21 Å². The Kier molecular flexibility index (Phi) is 4.38. The number of nitrogens with one attached hydrogen (secondary N) is 1. The first kappa shape index (κ1) is 14.5. The molecule has 18 heavy (non-hydrogen) atoms. The van der Waals surface area contributed by atoms with Gasteiger partial charge >= 0.3 is 5.97 Å². The molecule has 1 aromatic rings. The number of hydrogen-bond donors (Lipinski definition) is 2. The van der Waals surface area contributed by atoms with E-state index in [0.29, 0.717) is 11.3 Å². The van der Waals surface area contributed by atoms with E-state index in [1.807, 2.05) is 0 Å². The van der Waals surface area contributed by atoms with Gasteiger partial charge in [0, 0.05) is 14.1 Å². The lowest BCUT2D eigenvalue weighted by molar-refractivity contribution is -0.120. The molecule has 8 nitrogen and oxygen atoms in total. The van der Waals surface area contributed by atoms with Gasteiger partial charge in [-0.2, -0.15) is 4.31 Å². The molecule has 1 heterocycles. The minimum Gasteiger partial charge on any atom is -0.476 e. The molecule has 1 rings (SSSR count). The standard InChI is InChI=1S/C8H11N3O5S2/c1-9-5(12)3-11(2)18(15,16)8-6(7(13)14)10-4-17-8/h4H,3H2,1-2H3,(H,9,12)(H,13,14). The van der Waals surface area contributed by atoms with Crippen molar-refractivity contribution >= 4 is 33.2 Å². The molecule has 0 aliphatic rings. The Morgan fingerprint density at radius 1 is 1.56 bits per heavy atom. The van der Waals surface area contributed by atoms with Crippen molar-refractivity contribution in [3.63, 3.8) is 0 Å². The first-order valence-corrected chi connectivity index (χ1v) is 6.96. The minimum absolute atomic E-state index is 0.388. The van der Waals surface area contributed by atoms with Crippen LogP contribution in [0.3, 0.4) is 0 Å². The molecular weight excluding hydrogens is 282 g/mol. The first-order chi connectivity index (χ1) is 8.30. The number of carbonyl (C=O) groups excluding carboxylic acids is 1. The summed E-state index contributed by atoms with van der Waals surface area (Å²) in [7, 11) is -1.47. The van der Waals surface area contributed by atoms with Crippen molar-refractivity contribution in [3.05, 3.63) is 11.2 Å². The second-order valence-electron chi connectivity index (χ2n) is 3.23. The lowest BCUT2D eigenvalue weighted by Gasteiger charge is -2.14. The molecule has 1 aromatic heterocycles. The Morgan fingerprint density at radius 3 is 2.67 bits per heavy atom. The van der Waals surface area contributed by atoms with Gasteiger partial charge in [0.1, 0.15) is 0 Å². The van der Waals surface area contributed by atoms with Gasteiger partial charge in [0.25, 0.3) is 10.0 Å². The molecule has 0 bridgehead atoms. The van der Waals surface area contributed by atoms with Gasteiger partial charge in [-0.25, -0.2) is 18.2 Å². The largest absolute Gasteiger partial charge is 0.476 e. The Morgan fingerprint density at radius 2 is 2.17 bits per heavy atom. The molecule has 0 atom stereocenters. The first-order valence-electron chi connectivity index (χ1n) is 4.64. The number of amides is 1. The van der Waals surface area contributed by atoms with Gasteiger partial charge in [-0.1, -0.05) is 0 Å². The van der Waals surface area contributed by atoms with Crippen molar-refractivity contribution < 1.29 is 23.1 Å². The molecule has 0 saturated carbocycles. The predicted molar refractivity (Wildman–Crippen MR) is 63.0 cm³/mol. The summed E-state index contributed by atoms with van der Waals surface area (Å²) in [5.41, 5.74) is 0.591. The molecule has 0 radical (unpaired) electrons. The van der Waals surface area contributed by atoms with Crippen LogP contribution in [0.25, 0.3) is 0 Å². The van der Waals surface area contributed by atoms with Crippen LogP contribution < -0.4 is 5.32 Å². The number of sulfonamides is 1. The number of likely N-dealkylation sites (N-methyl/N-ethyl adjacent to an activating group) is 2. The number of hydrogen-bond acceptors (Lipinski definition) is 6. The molecule has 0 aliphatic heterocycles. The summed E-state index contributed by atoms with van der Waals surface area (Å²) in [4.78, 5) is 25.4. The summed E-state index contributed by atoms with van der Waals surface area (Å²) in [6.45, 7) is -0.393. The average Bonchev–Trinajstić information content (AvgIpc) is 2.78. The van der Waals surface area contributed by atoms with Gasteiger partial charge in [-0.05, 0) is 0 Å². The van der Waals surface area contributed by atoms with Crippen molar-refractivity contribution in [2.45, 2.75) is 4.21 Å². The number of nitrogens with zero attached hydrogens (tertiary/aromatic N) is 2. The molecular formula is C8H11N3O5S2. The van der Waals surface area contributed by atoms with Crippen LogP contribution in [-0.2, 0) is 14.8 Å². The maximum absolute atomic E-state index is 12.0. The van der Waals surface area contributed by atoms with Gasteiger partial charge in [0.05, 0.1) is 12.1 Å². The lowest BCUT2D eigenvalue weighted by Crippen LogP contribution is -2.37. The maximum Gasteiger partial charge on any atom is 0.356 e. The van der Waals surface area contributed by atoms with Gasteiger partial charge in [-0.3, -0.25) is 4.79 Å². The number of aromatic carboxylic acids is 1. The van der Waals surface area contributed by atoms with Gasteiger partial charge in [0.2, 0.25) is 5.91 Å². The smallest absolute Gasteiger partial charge is 0.356 e. The SMILES string of the molecule is CNC(=O)CN(C)S(=O)(=O)c1scnc1C(=O)O. The number of carbonyl (C=O) groups is 2. The summed E-state index contributed by atoms with van der Waals surface area (Å²) in [6.07, 6.45) is 0. The van der Waals surface area contributed by atoms with Gasteiger partial charge in [0.15, 0.2) is 9.90 Å². The second-order valence-corrected chi connectivity index (χ2v) is 6.32. The highest BCUT2D eigenvalue weighted by atomic mass is 32.2. The van der Waals surface area contributed by atoms with Crippen molar-refractivity contribution in [1.29, 1.82) is 0 Å². The summed E-state index contributed by atoms with van der Waals surface area (Å²) in [5, 5.41) is 11.1. The van der Waals surface area contributed by atoms with Crippen molar-refractivity contribution in [2.24, 2.45) is 0 Å². The van der Waals surface area contributed by atoms with Crippen molar-refractivity contribution in [2.75, 3.05) is 20.6 Å². The Labute approximate surface area is 107 Å². The van der Waals surface area contributed by atoms with Crippen LogP contribution >= 0.6 is 11.3 Å². The minimum atomic E-state index is -4.03. The fourth-order valence-electron chi connectivity index (χ4n) is 1.07. The van der Waals surface area contributed by atoms with Crippen LogP contribution in [0.2, 0.25) is 0 Å². The summed E-state index contributed by atoms with van der Waals surface area (Å²) in [6, 6.07) is 0. The predicted octanol–water partition coefficient (Wildman–Crippen LogP) is -0.792. The summed E-state index contributed by atoms with van der Waals surface area (Å²) < 4.78 is 24.4. The van der Waals surface area contributed by atoms with Crippen LogP contribution in [-0.4, -0.2) is 55.3 Å². The molecule has 0 aliphatic carbocycles. The number of aromatic nitrogens is 1. The zero-order valence-electron chi connectivity index (χ0n) is 9.58. The molecule has 100 valence electrons. The van der Waals surface area contributed by atoms with Crippen LogP contribution in [0.5, 0.6) is 0 Å². The van der Waals surface area contributed by atoms with E-state index in [2.05, 4.69) is 10.3 Å². The lowest BCUT2D eigenvalue weighted by atomic mass is 10.5. The summed E-state index contributed by atoms with van der Waals surface area (Å²) in [5.74, 6) is -1.93. The molecule has 2 N–H and O–H groups in total. The zero-order chi connectivity index (χ0) is 13.9. The maximum atomic E-state index is 12.0. The third-order valence-corrected chi connectivity index (χ3v) is 5.18.